The molecule has 0 saturated carbocycles. The predicted octanol–water partition coefficient (Wildman–Crippen LogP) is 3.50. The van der Waals surface area contributed by atoms with Crippen molar-refractivity contribution < 1.29 is 4.79 Å². The van der Waals surface area contributed by atoms with Crippen molar-refractivity contribution in [2.24, 2.45) is 0 Å². The molecule has 1 amide bonds. The number of benzene rings is 1. The maximum absolute atomic E-state index is 12.5. The van der Waals surface area contributed by atoms with Crippen LogP contribution in [0.5, 0.6) is 0 Å². The molecule has 116 valence electrons. The molecule has 0 aliphatic rings. The zero-order chi connectivity index (χ0) is 16.1. The standard InChI is InChI=1S/C19H19N3O/c1-2-22-14-16(15-8-4-3-5-9-15)12-18(22)19(23)21-13-17-10-6-7-11-20-17/h3-12,14H,2,13H2,1H3,(H,21,23). The summed E-state index contributed by atoms with van der Waals surface area (Å²) in [4.78, 5) is 16.7. The molecule has 0 spiro atoms. The molecule has 0 aliphatic heterocycles. The SMILES string of the molecule is CCn1cc(-c2ccccc2)cc1C(=O)NCc1ccccn1. The van der Waals surface area contributed by atoms with Gasteiger partial charge in [0.1, 0.15) is 5.69 Å². The van der Waals surface area contributed by atoms with Gasteiger partial charge in [-0.1, -0.05) is 36.4 Å². The average molecular weight is 305 g/mol. The second-order valence-corrected chi connectivity index (χ2v) is 5.27. The molecular formula is C19H19N3O. The second-order valence-electron chi connectivity index (χ2n) is 5.27. The molecule has 2 heterocycles. The Morgan fingerprint density at radius 3 is 2.57 bits per heavy atom. The van der Waals surface area contributed by atoms with Crippen LogP contribution in [0.1, 0.15) is 23.1 Å². The molecule has 0 fully saturated rings. The lowest BCUT2D eigenvalue weighted by Gasteiger charge is -2.07. The summed E-state index contributed by atoms with van der Waals surface area (Å²) in [5, 5.41) is 2.93. The zero-order valence-electron chi connectivity index (χ0n) is 13.1. The van der Waals surface area contributed by atoms with Gasteiger partial charge < -0.3 is 9.88 Å². The minimum atomic E-state index is -0.0836. The summed E-state index contributed by atoms with van der Waals surface area (Å²) in [6, 6.07) is 17.7. The Morgan fingerprint density at radius 2 is 1.87 bits per heavy atom. The number of aryl methyl sites for hydroxylation is 1. The van der Waals surface area contributed by atoms with Crippen LogP contribution in [-0.4, -0.2) is 15.5 Å². The molecule has 0 radical (unpaired) electrons. The lowest BCUT2D eigenvalue weighted by molar-refractivity contribution is 0.0941. The number of carbonyl (C=O) groups is 1. The maximum atomic E-state index is 12.5. The smallest absolute Gasteiger partial charge is 0.268 e. The summed E-state index contributed by atoms with van der Waals surface area (Å²) in [5.74, 6) is -0.0836. The predicted molar refractivity (Wildman–Crippen MR) is 90.9 cm³/mol. The first-order valence-electron chi connectivity index (χ1n) is 7.71. The van der Waals surface area contributed by atoms with Gasteiger partial charge in [-0.15, -0.1) is 0 Å². The van der Waals surface area contributed by atoms with Gasteiger partial charge in [0.05, 0.1) is 12.2 Å². The van der Waals surface area contributed by atoms with Gasteiger partial charge in [0, 0.05) is 24.5 Å². The Hall–Kier alpha value is -2.88. The van der Waals surface area contributed by atoms with Crippen molar-refractivity contribution in [1.82, 2.24) is 14.9 Å². The summed E-state index contributed by atoms with van der Waals surface area (Å²) in [6.45, 7) is 3.21. The Morgan fingerprint density at radius 1 is 1.09 bits per heavy atom. The highest BCUT2D eigenvalue weighted by molar-refractivity contribution is 5.94. The maximum Gasteiger partial charge on any atom is 0.268 e. The number of nitrogens with one attached hydrogen (secondary N) is 1. The van der Waals surface area contributed by atoms with E-state index < -0.39 is 0 Å². The van der Waals surface area contributed by atoms with Crippen LogP contribution < -0.4 is 5.32 Å². The first-order valence-corrected chi connectivity index (χ1v) is 7.71. The Bertz CT molecular complexity index is 779. The fourth-order valence-corrected chi connectivity index (χ4v) is 2.52. The molecule has 3 rings (SSSR count). The van der Waals surface area contributed by atoms with Crippen LogP contribution in [0.3, 0.4) is 0 Å². The van der Waals surface area contributed by atoms with Crippen molar-refractivity contribution in [1.29, 1.82) is 0 Å². The van der Waals surface area contributed by atoms with Gasteiger partial charge in [0.2, 0.25) is 0 Å². The first kappa shape index (κ1) is 15.0. The van der Waals surface area contributed by atoms with Crippen LogP contribution in [0.2, 0.25) is 0 Å². The van der Waals surface area contributed by atoms with Gasteiger partial charge in [0.15, 0.2) is 0 Å². The fourth-order valence-electron chi connectivity index (χ4n) is 2.52. The van der Waals surface area contributed by atoms with Crippen molar-refractivity contribution in [2.75, 3.05) is 0 Å². The fraction of sp³-hybridized carbons (Fsp3) is 0.158. The molecule has 4 heteroatoms. The first-order chi connectivity index (χ1) is 11.3. The monoisotopic (exact) mass is 305 g/mol. The molecule has 0 atom stereocenters. The van der Waals surface area contributed by atoms with Gasteiger partial charge in [-0.05, 0) is 30.7 Å². The molecule has 23 heavy (non-hydrogen) atoms. The molecule has 1 N–H and O–H groups in total. The van der Waals surface area contributed by atoms with Crippen LogP contribution in [-0.2, 0) is 13.1 Å². The minimum Gasteiger partial charge on any atom is -0.345 e. The number of carbonyl (C=O) groups excluding carboxylic acids is 1. The van der Waals surface area contributed by atoms with E-state index >= 15 is 0 Å². The summed E-state index contributed by atoms with van der Waals surface area (Å²) < 4.78 is 1.97. The van der Waals surface area contributed by atoms with E-state index in [4.69, 9.17) is 0 Å². The van der Waals surface area contributed by atoms with Gasteiger partial charge in [-0.25, -0.2) is 0 Å². The third kappa shape index (κ3) is 3.48. The topological polar surface area (TPSA) is 46.9 Å². The average Bonchev–Trinajstić information content (AvgIpc) is 3.06. The summed E-state index contributed by atoms with van der Waals surface area (Å²) in [6.07, 6.45) is 3.74. The molecule has 2 aromatic heterocycles. The highest BCUT2D eigenvalue weighted by Crippen LogP contribution is 2.22. The summed E-state index contributed by atoms with van der Waals surface area (Å²) in [5.41, 5.74) is 3.68. The van der Waals surface area contributed by atoms with Crippen molar-refractivity contribution >= 4 is 5.91 Å². The second kappa shape index (κ2) is 6.92. The summed E-state index contributed by atoms with van der Waals surface area (Å²) in [7, 11) is 0. The van der Waals surface area contributed by atoms with Crippen molar-refractivity contribution in [3.63, 3.8) is 0 Å². The molecule has 0 bridgehead atoms. The van der Waals surface area contributed by atoms with E-state index in [1.807, 2.05) is 72.3 Å². The molecule has 0 saturated heterocycles. The normalized spacial score (nSPS) is 10.5. The third-order valence-electron chi connectivity index (χ3n) is 3.73. The van der Waals surface area contributed by atoms with E-state index in [-0.39, 0.29) is 5.91 Å². The van der Waals surface area contributed by atoms with Crippen molar-refractivity contribution in [3.05, 3.63) is 78.4 Å². The Kier molecular flexibility index (Phi) is 4.52. The minimum absolute atomic E-state index is 0.0836. The van der Waals surface area contributed by atoms with Crippen LogP contribution in [0.15, 0.2) is 67.0 Å². The van der Waals surface area contributed by atoms with E-state index in [1.54, 1.807) is 6.20 Å². The number of aromatic nitrogens is 2. The Balaban J connectivity index is 1.79. The quantitative estimate of drug-likeness (QED) is 0.784. The van der Waals surface area contributed by atoms with Gasteiger partial charge in [-0.3, -0.25) is 9.78 Å². The van der Waals surface area contributed by atoms with E-state index in [0.717, 1.165) is 23.4 Å². The number of hydrogen-bond donors (Lipinski definition) is 1. The molecule has 0 unspecified atom stereocenters. The molecule has 1 aromatic carbocycles. The van der Waals surface area contributed by atoms with Crippen LogP contribution in [0, 0.1) is 0 Å². The van der Waals surface area contributed by atoms with E-state index in [9.17, 15) is 4.79 Å². The highest BCUT2D eigenvalue weighted by atomic mass is 16.1. The molecular weight excluding hydrogens is 286 g/mol. The number of amides is 1. The number of nitrogens with zero attached hydrogens (tertiary/aromatic N) is 2. The van der Waals surface area contributed by atoms with Crippen LogP contribution >= 0.6 is 0 Å². The van der Waals surface area contributed by atoms with Crippen LogP contribution in [0.25, 0.3) is 11.1 Å². The van der Waals surface area contributed by atoms with Gasteiger partial charge in [0.25, 0.3) is 5.91 Å². The number of hydrogen-bond acceptors (Lipinski definition) is 2. The lowest BCUT2D eigenvalue weighted by Crippen LogP contribution is -2.25. The molecule has 3 aromatic rings. The molecule has 0 aliphatic carbocycles. The highest BCUT2D eigenvalue weighted by Gasteiger charge is 2.13. The van der Waals surface area contributed by atoms with Crippen molar-refractivity contribution in [3.8, 4) is 11.1 Å². The van der Waals surface area contributed by atoms with E-state index in [0.29, 0.717) is 12.2 Å². The lowest BCUT2D eigenvalue weighted by atomic mass is 10.1. The molecule has 4 nitrogen and oxygen atoms in total. The summed E-state index contributed by atoms with van der Waals surface area (Å²) >= 11 is 0. The van der Waals surface area contributed by atoms with Crippen molar-refractivity contribution in [2.45, 2.75) is 20.0 Å². The zero-order valence-corrected chi connectivity index (χ0v) is 13.1. The number of rotatable bonds is 5. The van der Waals surface area contributed by atoms with Gasteiger partial charge >= 0.3 is 0 Å². The third-order valence-corrected chi connectivity index (χ3v) is 3.73. The van der Waals surface area contributed by atoms with E-state index in [2.05, 4.69) is 10.3 Å². The van der Waals surface area contributed by atoms with E-state index in [1.165, 1.54) is 0 Å². The van der Waals surface area contributed by atoms with Crippen LogP contribution in [0.4, 0.5) is 0 Å². The largest absolute Gasteiger partial charge is 0.345 e. The number of pyridine rings is 1. The Labute approximate surface area is 135 Å². The van der Waals surface area contributed by atoms with Gasteiger partial charge in [-0.2, -0.15) is 0 Å².